The largest absolute Gasteiger partial charge is 0.497 e. The summed E-state index contributed by atoms with van der Waals surface area (Å²) in [5.74, 6) is 1.58. The Kier molecular flexibility index (Phi) is 4.27. The van der Waals surface area contributed by atoms with Crippen LogP contribution in [0.15, 0.2) is 18.2 Å². The molecule has 0 aromatic heterocycles. The van der Waals surface area contributed by atoms with Gasteiger partial charge >= 0.3 is 6.03 Å². The summed E-state index contributed by atoms with van der Waals surface area (Å²) in [7, 11) is 3.31. The lowest BCUT2D eigenvalue weighted by Gasteiger charge is -2.36. The van der Waals surface area contributed by atoms with E-state index in [2.05, 4.69) is 10.2 Å². The van der Waals surface area contributed by atoms with Crippen LogP contribution in [0.3, 0.4) is 0 Å². The van der Waals surface area contributed by atoms with Crippen molar-refractivity contribution >= 4 is 11.7 Å². The Morgan fingerprint density at radius 3 is 2.45 bits per heavy atom. The number of carbonyl (C=O) groups excluding carboxylic acids is 1. The maximum Gasteiger partial charge on any atom is 0.317 e. The number of hydrogen-bond acceptors (Lipinski definition) is 4. The van der Waals surface area contributed by atoms with E-state index in [9.17, 15) is 4.79 Å². The molecule has 0 atom stereocenters. The Morgan fingerprint density at radius 1 is 1.14 bits per heavy atom. The molecule has 0 spiro atoms. The van der Waals surface area contributed by atoms with Crippen molar-refractivity contribution in [3.05, 3.63) is 18.2 Å². The van der Waals surface area contributed by atoms with Gasteiger partial charge in [-0.3, -0.25) is 0 Å². The van der Waals surface area contributed by atoms with E-state index in [4.69, 9.17) is 9.47 Å². The minimum atomic E-state index is 0.0730. The minimum Gasteiger partial charge on any atom is -0.497 e. The molecule has 0 unspecified atom stereocenters. The first-order valence-corrected chi connectivity index (χ1v) is 7.73. The van der Waals surface area contributed by atoms with Crippen LogP contribution in [0.4, 0.5) is 10.5 Å². The topological polar surface area (TPSA) is 54.0 Å². The second kappa shape index (κ2) is 6.34. The van der Waals surface area contributed by atoms with E-state index in [-0.39, 0.29) is 6.03 Å². The molecule has 120 valence electrons. The van der Waals surface area contributed by atoms with Gasteiger partial charge in [-0.2, -0.15) is 0 Å². The Bertz CT molecular complexity index is 537. The van der Waals surface area contributed by atoms with Crippen molar-refractivity contribution in [2.75, 3.05) is 45.3 Å². The summed E-state index contributed by atoms with van der Waals surface area (Å²) >= 11 is 0. The molecule has 6 heteroatoms. The first-order valence-electron chi connectivity index (χ1n) is 7.73. The van der Waals surface area contributed by atoms with E-state index in [1.54, 1.807) is 14.2 Å². The van der Waals surface area contributed by atoms with E-state index in [1.165, 1.54) is 0 Å². The smallest absolute Gasteiger partial charge is 0.317 e. The van der Waals surface area contributed by atoms with Gasteiger partial charge < -0.3 is 24.6 Å². The summed E-state index contributed by atoms with van der Waals surface area (Å²) in [6.45, 7) is 3.07. The van der Waals surface area contributed by atoms with Crippen molar-refractivity contribution in [1.82, 2.24) is 10.2 Å². The number of hydrogen-bond donors (Lipinski definition) is 1. The van der Waals surface area contributed by atoms with Crippen LogP contribution in [-0.2, 0) is 0 Å². The number of methoxy groups -OCH3 is 2. The number of amides is 2. The average molecular weight is 305 g/mol. The number of piperazine rings is 1. The Balaban J connectivity index is 1.61. The molecule has 1 heterocycles. The number of rotatable bonds is 4. The molecule has 1 aliphatic carbocycles. The molecule has 2 amide bonds. The fourth-order valence-electron chi connectivity index (χ4n) is 2.69. The highest BCUT2D eigenvalue weighted by atomic mass is 16.5. The van der Waals surface area contributed by atoms with Crippen molar-refractivity contribution in [1.29, 1.82) is 0 Å². The number of nitrogens with one attached hydrogen (secondary N) is 1. The van der Waals surface area contributed by atoms with Crippen molar-refractivity contribution in [3.8, 4) is 11.5 Å². The fourth-order valence-corrected chi connectivity index (χ4v) is 2.69. The fraction of sp³-hybridized carbons (Fsp3) is 0.562. The number of benzene rings is 1. The molecule has 2 fully saturated rings. The summed E-state index contributed by atoms with van der Waals surface area (Å²) in [5.41, 5.74) is 1.05. The molecule has 6 nitrogen and oxygen atoms in total. The van der Waals surface area contributed by atoms with Gasteiger partial charge in [-0.1, -0.05) is 0 Å². The Morgan fingerprint density at radius 2 is 1.86 bits per heavy atom. The first-order chi connectivity index (χ1) is 10.7. The second-order valence-corrected chi connectivity index (χ2v) is 5.74. The van der Waals surface area contributed by atoms with Crippen molar-refractivity contribution < 1.29 is 14.3 Å². The van der Waals surface area contributed by atoms with E-state index < -0.39 is 0 Å². The van der Waals surface area contributed by atoms with Crippen molar-refractivity contribution in [2.24, 2.45) is 0 Å². The quantitative estimate of drug-likeness (QED) is 0.920. The maximum atomic E-state index is 12.1. The molecule has 1 saturated carbocycles. The van der Waals surface area contributed by atoms with E-state index in [1.807, 2.05) is 23.1 Å². The molecule has 0 bridgehead atoms. The van der Waals surface area contributed by atoms with Gasteiger partial charge in [-0.25, -0.2) is 4.79 Å². The van der Waals surface area contributed by atoms with Gasteiger partial charge in [0.2, 0.25) is 0 Å². The van der Waals surface area contributed by atoms with Crippen LogP contribution in [0, 0.1) is 0 Å². The number of nitrogens with zero attached hydrogens (tertiary/aromatic N) is 2. The summed E-state index contributed by atoms with van der Waals surface area (Å²) < 4.78 is 10.7. The maximum absolute atomic E-state index is 12.1. The number of urea groups is 1. The van der Waals surface area contributed by atoms with Crippen molar-refractivity contribution in [2.45, 2.75) is 18.9 Å². The standard InChI is InChI=1S/C16H23N3O3/c1-21-13-5-6-14(15(11-13)22-2)18-7-9-19(10-8-18)16(20)17-12-3-4-12/h5-6,11-12H,3-4,7-10H2,1-2H3,(H,17,20). The molecule has 1 aromatic carbocycles. The predicted molar refractivity (Wildman–Crippen MR) is 84.9 cm³/mol. The number of anilines is 1. The third-order valence-corrected chi connectivity index (χ3v) is 4.20. The monoisotopic (exact) mass is 305 g/mol. The Hall–Kier alpha value is -2.11. The van der Waals surface area contributed by atoms with Crippen LogP contribution in [0.1, 0.15) is 12.8 Å². The summed E-state index contributed by atoms with van der Waals surface area (Å²) in [6.07, 6.45) is 2.24. The summed E-state index contributed by atoms with van der Waals surface area (Å²) in [5, 5.41) is 3.04. The molecular formula is C16H23N3O3. The molecule has 1 aliphatic heterocycles. The zero-order valence-corrected chi connectivity index (χ0v) is 13.2. The van der Waals surface area contributed by atoms with Crippen LogP contribution in [0.2, 0.25) is 0 Å². The lowest BCUT2D eigenvalue weighted by Crippen LogP contribution is -2.52. The average Bonchev–Trinajstić information content (AvgIpc) is 3.38. The van der Waals surface area contributed by atoms with Gasteiger partial charge in [-0.15, -0.1) is 0 Å². The summed E-state index contributed by atoms with van der Waals surface area (Å²) in [6, 6.07) is 6.32. The highest BCUT2D eigenvalue weighted by Gasteiger charge is 2.28. The second-order valence-electron chi connectivity index (χ2n) is 5.74. The van der Waals surface area contributed by atoms with Crippen LogP contribution >= 0.6 is 0 Å². The van der Waals surface area contributed by atoms with Crippen LogP contribution in [-0.4, -0.2) is 57.4 Å². The molecule has 1 saturated heterocycles. The molecule has 22 heavy (non-hydrogen) atoms. The van der Waals surface area contributed by atoms with Gasteiger partial charge in [0.25, 0.3) is 0 Å². The lowest BCUT2D eigenvalue weighted by molar-refractivity contribution is 0.194. The number of carbonyl (C=O) groups is 1. The zero-order chi connectivity index (χ0) is 15.5. The van der Waals surface area contributed by atoms with Crippen LogP contribution < -0.4 is 19.7 Å². The third kappa shape index (κ3) is 3.21. The molecule has 1 aromatic rings. The highest BCUT2D eigenvalue weighted by Crippen LogP contribution is 2.32. The predicted octanol–water partition coefficient (Wildman–Crippen LogP) is 1.70. The molecule has 3 rings (SSSR count). The molecular weight excluding hydrogens is 282 g/mol. The normalized spacial score (nSPS) is 18.1. The van der Waals surface area contributed by atoms with Gasteiger partial charge in [-0.05, 0) is 25.0 Å². The van der Waals surface area contributed by atoms with Gasteiger partial charge in [0.15, 0.2) is 0 Å². The lowest BCUT2D eigenvalue weighted by atomic mass is 10.2. The number of ether oxygens (including phenoxy) is 2. The van der Waals surface area contributed by atoms with E-state index in [0.29, 0.717) is 6.04 Å². The molecule has 0 radical (unpaired) electrons. The third-order valence-electron chi connectivity index (χ3n) is 4.20. The van der Waals surface area contributed by atoms with Crippen molar-refractivity contribution in [3.63, 3.8) is 0 Å². The van der Waals surface area contributed by atoms with Crippen LogP contribution in [0.5, 0.6) is 11.5 Å². The SMILES string of the molecule is COc1ccc(N2CCN(C(=O)NC3CC3)CC2)c(OC)c1. The first kappa shape index (κ1) is 14.8. The Labute approximate surface area is 131 Å². The van der Waals surface area contributed by atoms with E-state index in [0.717, 1.165) is 56.2 Å². The van der Waals surface area contributed by atoms with Gasteiger partial charge in [0.05, 0.1) is 19.9 Å². The summed E-state index contributed by atoms with van der Waals surface area (Å²) in [4.78, 5) is 16.2. The van der Waals surface area contributed by atoms with Crippen LogP contribution in [0.25, 0.3) is 0 Å². The minimum absolute atomic E-state index is 0.0730. The molecule has 2 aliphatic rings. The highest BCUT2D eigenvalue weighted by molar-refractivity contribution is 5.75. The van der Waals surface area contributed by atoms with E-state index >= 15 is 0 Å². The van der Waals surface area contributed by atoms with Gasteiger partial charge in [0.1, 0.15) is 11.5 Å². The molecule has 1 N–H and O–H groups in total. The zero-order valence-electron chi connectivity index (χ0n) is 13.2. The van der Waals surface area contributed by atoms with Gasteiger partial charge in [0, 0.05) is 38.3 Å².